The molecule has 1 amide bonds. The zero-order valence-corrected chi connectivity index (χ0v) is 16.0. The van der Waals surface area contributed by atoms with Crippen LogP contribution in [-0.2, 0) is 16.1 Å². The number of piperazine rings is 1. The molecule has 6 heteroatoms. The minimum absolute atomic E-state index is 0.131. The van der Waals surface area contributed by atoms with Crippen LogP contribution in [0.3, 0.4) is 0 Å². The number of carbonyl (C=O) groups excluding carboxylic acids is 1. The van der Waals surface area contributed by atoms with E-state index in [9.17, 15) is 4.79 Å². The fourth-order valence-electron chi connectivity index (χ4n) is 3.42. The van der Waals surface area contributed by atoms with Crippen molar-refractivity contribution >= 4 is 27.3 Å². The number of hydrogen-bond acceptors (Lipinski definition) is 5. The Morgan fingerprint density at radius 3 is 2.76 bits per heavy atom. The van der Waals surface area contributed by atoms with Gasteiger partial charge in [-0.25, -0.2) is 0 Å². The van der Waals surface area contributed by atoms with Crippen LogP contribution in [0.15, 0.2) is 24.3 Å². The van der Waals surface area contributed by atoms with E-state index in [4.69, 9.17) is 9.47 Å². The summed E-state index contributed by atoms with van der Waals surface area (Å²) in [4.78, 5) is 18.4. The van der Waals surface area contributed by atoms with Crippen molar-refractivity contribution < 1.29 is 14.3 Å². The fraction of sp³-hybridized carbons (Fsp3) is 0.526. The predicted molar refractivity (Wildman–Crippen MR) is 101 cm³/mol. The lowest BCUT2D eigenvalue weighted by atomic mass is 10.1. The van der Waals surface area contributed by atoms with E-state index < -0.39 is 0 Å². The summed E-state index contributed by atoms with van der Waals surface area (Å²) in [5.74, 6) is 0.131. The van der Waals surface area contributed by atoms with E-state index in [0.717, 1.165) is 53.3 Å². The van der Waals surface area contributed by atoms with Crippen LogP contribution in [0.25, 0.3) is 10.1 Å². The van der Waals surface area contributed by atoms with Gasteiger partial charge in [0.05, 0.1) is 18.1 Å². The fourth-order valence-corrected chi connectivity index (χ4v) is 4.60. The van der Waals surface area contributed by atoms with Gasteiger partial charge in [-0.1, -0.05) is 18.2 Å². The number of methoxy groups -OCH3 is 2. The largest absolute Gasteiger partial charge is 0.383 e. The van der Waals surface area contributed by atoms with E-state index in [2.05, 4.69) is 24.0 Å². The van der Waals surface area contributed by atoms with Crippen LogP contribution in [0, 0.1) is 0 Å². The number of rotatable bonds is 6. The van der Waals surface area contributed by atoms with Gasteiger partial charge < -0.3 is 14.4 Å². The van der Waals surface area contributed by atoms with E-state index in [1.165, 1.54) is 0 Å². The third-order valence-electron chi connectivity index (χ3n) is 4.82. The van der Waals surface area contributed by atoms with Crippen molar-refractivity contribution in [2.75, 3.05) is 47.0 Å². The van der Waals surface area contributed by atoms with E-state index in [-0.39, 0.29) is 5.91 Å². The number of benzene rings is 1. The Kier molecular flexibility index (Phi) is 6.06. The Balaban J connectivity index is 1.79. The standard InChI is InChI=1S/C19H26N2O3S/c1-14-12-21(9-8-20(14)10-11-23-2)19(22)18-16(13-24-3)15-6-4-5-7-17(15)25-18/h4-7,14H,8-13H2,1-3H3. The first kappa shape index (κ1) is 18.3. The molecule has 1 aromatic carbocycles. The minimum Gasteiger partial charge on any atom is -0.383 e. The molecule has 1 atom stereocenters. The van der Waals surface area contributed by atoms with Gasteiger partial charge in [0, 0.05) is 56.7 Å². The van der Waals surface area contributed by atoms with Gasteiger partial charge in [-0.2, -0.15) is 0 Å². The first-order valence-electron chi connectivity index (χ1n) is 8.67. The molecule has 25 heavy (non-hydrogen) atoms. The molecule has 5 nitrogen and oxygen atoms in total. The van der Waals surface area contributed by atoms with Crippen LogP contribution in [0.2, 0.25) is 0 Å². The molecule has 2 aromatic rings. The smallest absolute Gasteiger partial charge is 0.264 e. The topological polar surface area (TPSA) is 42.0 Å². The molecule has 3 rings (SSSR count). The molecule has 0 N–H and O–H groups in total. The summed E-state index contributed by atoms with van der Waals surface area (Å²) in [6.07, 6.45) is 0. The van der Waals surface area contributed by atoms with Gasteiger partial charge in [-0.15, -0.1) is 11.3 Å². The van der Waals surface area contributed by atoms with Gasteiger partial charge in [-0.3, -0.25) is 9.69 Å². The molecule has 1 aliphatic heterocycles. The predicted octanol–water partition coefficient (Wildman–Crippen LogP) is 2.84. The SMILES string of the molecule is COCCN1CCN(C(=O)c2sc3ccccc3c2COC)CC1C. The molecule has 0 spiro atoms. The maximum Gasteiger partial charge on any atom is 0.264 e. The van der Waals surface area contributed by atoms with Gasteiger partial charge in [-0.05, 0) is 18.4 Å². The van der Waals surface area contributed by atoms with Crippen molar-refractivity contribution in [1.29, 1.82) is 0 Å². The normalized spacial score (nSPS) is 18.8. The Labute approximate surface area is 153 Å². The first-order chi connectivity index (χ1) is 12.2. The first-order valence-corrected chi connectivity index (χ1v) is 9.49. The van der Waals surface area contributed by atoms with Gasteiger partial charge in [0.15, 0.2) is 0 Å². The third kappa shape index (κ3) is 3.87. The quantitative estimate of drug-likeness (QED) is 0.792. The number of fused-ring (bicyclic) bond motifs is 1. The maximum atomic E-state index is 13.2. The van der Waals surface area contributed by atoms with Crippen molar-refractivity contribution in [1.82, 2.24) is 9.80 Å². The summed E-state index contributed by atoms with van der Waals surface area (Å²) in [5, 5.41) is 1.13. The van der Waals surface area contributed by atoms with E-state index >= 15 is 0 Å². The molecular weight excluding hydrogens is 336 g/mol. The maximum absolute atomic E-state index is 13.2. The molecule has 1 unspecified atom stereocenters. The molecule has 136 valence electrons. The Morgan fingerprint density at radius 1 is 1.24 bits per heavy atom. The van der Waals surface area contributed by atoms with E-state index in [1.807, 2.05) is 17.0 Å². The monoisotopic (exact) mass is 362 g/mol. The van der Waals surface area contributed by atoms with Gasteiger partial charge in [0.2, 0.25) is 0 Å². The lowest BCUT2D eigenvalue weighted by molar-refractivity contribution is 0.0436. The van der Waals surface area contributed by atoms with Crippen molar-refractivity contribution in [2.24, 2.45) is 0 Å². The van der Waals surface area contributed by atoms with Crippen molar-refractivity contribution in [3.05, 3.63) is 34.7 Å². The third-order valence-corrected chi connectivity index (χ3v) is 6.02. The number of thiophene rings is 1. The number of amides is 1. The molecular formula is C19H26N2O3S. The Bertz CT molecular complexity index is 731. The molecule has 0 bridgehead atoms. The average Bonchev–Trinajstić information content (AvgIpc) is 2.99. The van der Waals surface area contributed by atoms with Gasteiger partial charge in [0.1, 0.15) is 0 Å². The van der Waals surface area contributed by atoms with Crippen molar-refractivity contribution in [3.63, 3.8) is 0 Å². The van der Waals surface area contributed by atoms with Crippen LogP contribution >= 0.6 is 11.3 Å². The lowest BCUT2D eigenvalue weighted by Gasteiger charge is -2.39. The number of nitrogens with zero attached hydrogens (tertiary/aromatic N) is 2. The molecule has 1 aromatic heterocycles. The summed E-state index contributed by atoms with van der Waals surface area (Å²) >= 11 is 1.58. The number of ether oxygens (including phenoxy) is 2. The van der Waals surface area contributed by atoms with Crippen molar-refractivity contribution in [3.8, 4) is 0 Å². The minimum atomic E-state index is 0.131. The zero-order valence-electron chi connectivity index (χ0n) is 15.2. The van der Waals surface area contributed by atoms with Crippen LogP contribution in [0.4, 0.5) is 0 Å². The Hall–Kier alpha value is -1.47. The highest BCUT2D eigenvalue weighted by Gasteiger charge is 2.29. The number of carbonyl (C=O) groups is 1. The molecule has 0 saturated carbocycles. The molecule has 0 aliphatic carbocycles. The zero-order chi connectivity index (χ0) is 17.8. The second kappa shape index (κ2) is 8.27. The van der Waals surface area contributed by atoms with Gasteiger partial charge in [0.25, 0.3) is 5.91 Å². The van der Waals surface area contributed by atoms with Crippen LogP contribution in [0.1, 0.15) is 22.2 Å². The Morgan fingerprint density at radius 2 is 2.04 bits per heavy atom. The summed E-state index contributed by atoms with van der Waals surface area (Å²) in [5.41, 5.74) is 1.02. The van der Waals surface area contributed by atoms with E-state index in [0.29, 0.717) is 12.6 Å². The van der Waals surface area contributed by atoms with Crippen LogP contribution in [-0.4, -0.2) is 68.8 Å². The number of hydrogen-bond donors (Lipinski definition) is 0. The van der Waals surface area contributed by atoms with Gasteiger partial charge >= 0.3 is 0 Å². The van der Waals surface area contributed by atoms with Crippen LogP contribution in [0.5, 0.6) is 0 Å². The highest BCUT2D eigenvalue weighted by Crippen LogP contribution is 2.33. The summed E-state index contributed by atoms with van der Waals surface area (Å²) in [6.45, 7) is 6.69. The summed E-state index contributed by atoms with van der Waals surface area (Å²) < 4.78 is 11.7. The highest BCUT2D eigenvalue weighted by molar-refractivity contribution is 7.21. The summed E-state index contributed by atoms with van der Waals surface area (Å²) in [6, 6.07) is 8.51. The molecule has 1 aliphatic rings. The second-order valence-electron chi connectivity index (χ2n) is 6.47. The molecule has 1 saturated heterocycles. The van der Waals surface area contributed by atoms with Crippen molar-refractivity contribution in [2.45, 2.75) is 19.6 Å². The molecule has 2 heterocycles. The molecule has 1 fully saturated rings. The highest BCUT2D eigenvalue weighted by atomic mass is 32.1. The van der Waals surface area contributed by atoms with E-state index in [1.54, 1.807) is 25.6 Å². The average molecular weight is 362 g/mol. The van der Waals surface area contributed by atoms with Crippen LogP contribution < -0.4 is 0 Å². The summed E-state index contributed by atoms with van der Waals surface area (Å²) in [7, 11) is 3.40. The second-order valence-corrected chi connectivity index (χ2v) is 7.52. The lowest BCUT2D eigenvalue weighted by Crippen LogP contribution is -2.54. The molecule has 0 radical (unpaired) electrons.